The molecule has 0 spiro atoms. The Hall–Kier alpha value is -3.05. The van der Waals surface area contributed by atoms with E-state index in [1.165, 1.54) is 24.3 Å². The van der Waals surface area contributed by atoms with E-state index in [9.17, 15) is 26.4 Å². The maximum Gasteiger partial charge on any atom is 0.417 e. The normalized spacial score (nSPS) is 11.9. The van der Waals surface area contributed by atoms with Gasteiger partial charge in [-0.05, 0) is 36.8 Å². The van der Waals surface area contributed by atoms with Gasteiger partial charge in [0.1, 0.15) is 6.54 Å². The number of carbonyl (C=O) groups is 1. The molecule has 0 aliphatic heterocycles. The lowest BCUT2D eigenvalue weighted by molar-refractivity contribution is -0.137. The van der Waals surface area contributed by atoms with E-state index in [-0.39, 0.29) is 17.1 Å². The molecule has 12 heteroatoms. The predicted molar refractivity (Wildman–Crippen MR) is 117 cm³/mol. The number of alkyl halides is 3. The van der Waals surface area contributed by atoms with Gasteiger partial charge >= 0.3 is 6.18 Å². The first-order valence-electron chi connectivity index (χ1n) is 9.76. The van der Waals surface area contributed by atoms with E-state index >= 15 is 0 Å². The quantitative estimate of drug-likeness (QED) is 0.451. The Bertz CT molecular complexity index is 1190. The van der Waals surface area contributed by atoms with Crippen LogP contribution in [0.25, 0.3) is 0 Å². The zero-order chi connectivity index (χ0) is 24.1. The minimum Gasteiger partial charge on any atom is -0.354 e. The Kier molecular flexibility index (Phi) is 7.65. The summed E-state index contributed by atoms with van der Waals surface area (Å²) in [6.07, 6.45) is 0.743. The van der Waals surface area contributed by atoms with Crippen LogP contribution in [0, 0.1) is 0 Å². The highest BCUT2D eigenvalue weighted by Gasteiger charge is 2.35. The average Bonchev–Trinajstić information content (AvgIpc) is 3.29. The van der Waals surface area contributed by atoms with Crippen LogP contribution in [0.15, 0.2) is 72.1 Å². The van der Waals surface area contributed by atoms with Gasteiger partial charge in [0.05, 0.1) is 27.5 Å². The summed E-state index contributed by atoms with van der Waals surface area (Å²) in [5.41, 5.74) is -1.53. The molecule has 33 heavy (non-hydrogen) atoms. The van der Waals surface area contributed by atoms with Gasteiger partial charge in [-0.25, -0.2) is 13.4 Å². The number of halogens is 4. The fraction of sp³-hybridized carbons (Fsp3) is 0.238. The standard InChI is InChI=1S/C21H20ClF3N4O3S/c22-19-8-7-16(13-18(19)21(23,24)25)29(33(31,32)17-5-2-1-3-6-17)14-20(30)27-9-4-11-28-12-10-26-15-28/h1-3,5-8,10,12-13,15H,4,9,11,14H2,(H,27,30). The second kappa shape index (κ2) is 10.3. The lowest BCUT2D eigenvalue weighted by Crippen LogP contribution is -2.41. The van der Waals surface area contributed by atoms with E-state index in [2.05, 4.69) is 10.3 Å². The molecule has 2 aromatic carbocycles. The zero-order valence-electron chi connectivity index (χ0n) is 17.2. The summed E-state index contributed by atoms with van der Waals surface area (Å²) < 4.78 is 69.0. The van der Waals surface area contributed by atoms with Gasteiger partial charge in [0.2, 0.25) is 5.91 Å². The summed E-state index contributed by atoms with van der Waals surface area (Å²) in [5, 5.41) is 2.02. The summed E-state index contributed by atoms with van der Waals surface area (Å²) in [4.78, 5) is 16.3. The van der Waals surface area contributed by atoms with Crippen molar-refractivity contribution in [2.45, 2.75) is 24.0 Å². The minimum atomic E-state index is -4.80. The van der Waals surface area contributed by atoms with Crippen molar-refractivity contribution in [3.8, 4) is 0 Å². The Morgan fingerprint density at radius 2 is 1.88 bits per heavy atom. The molecule has 0 unspecified atom stereocenters. The van der Waals surface area contributed by atoms with Gasteiger partial charge in [-0.2, -0.15) is 13.2 Å². The van der Waals surface area contributed by atoms with E-state index in [1.54, 1.807) is 24.8 Å². The second-order valence-corrected chi connectivity index (χ2v) is 9.26. The number of carbonyl (C=O) groups excluding carboxylic acids is 1. The number of aryl methyl sites for hydroxylation is 1. The molecule has 0 fully saturated rings. The number of imidazole rings is 1. The molecule has 176 valence electrons. The highest BCUT2D eigenvalue weighted by molar-refractivity contribution is 7.92. The van der Waals surface area contributed by atoms with Crippen molar-refractivity contribution in [3.05, 3.63) is 77.8 Å². The first-order chi connectivity index (χ1) is 15.6. The second-order valence-electron chi connectivity index (χ2n) is 6.99. The number of benzene rings is 2. The SMILES string of the molecule is O=C(CN(c1ccc(Cl)c(C(F)(F)F)c1)S(=O)(=O)c1ccccc1)NCCCn1ccnc1. The smallest absolute Gasteiger partial charge is 0.354 e. The lowest BCUT2D eigenvalue weighted by Gasteiger charge is -2.25. The highest BCUT2D eigenvalue weighted by atomic mass is 35.5. The molecule has 1 heterocycles. The fourth-order valence-corrected chi connectivity index (χ4v) is 4.67. The average molecular weight is 501 g/mol. The Labute approximate surface area is 193 Å². The molecule has 7 nitrogen and oxygen atoms in total. The van der Waals surface area contributed by atoms with E-state index < -0.39 is 39.2 Å². The van der Waals surface area contributed by atoms with Gasteiger partial charge in [-0.1, -0.05) is 29.8 Å². The fourth-order valence-electron chi connectivity index (χ4n) is 3.02. The number of nitrogens with one attached hydrogen (secondary N) is 1. The van der Waals surface area contributed by atoms with Crippen molar-refractivity contribution in [2.75, 3.05) is 17.4 Å². The van der Waals surface area contributed by atoms with Crippen molar-refractivity contribution >= 4 is 33.2 Å². The van der Waals surface area contributed by atoms with E-state index in [0.29, 0.717) is 23.3 Å². The number of hydrogen-bond acceptors (Lipinski definition) is 4. The molecular weight excluding hydrogens is 481 g/mol. The molecule has 1 amide bonds. The van der Waals surface area contributed by atoms with Gasteiger partial charge in [0.15, 0.2) is 0 Å². The van der Waals surface area contributed by atoms with Crippen LogP contribution in [0.5, 0.6) is 0 Å². The van der Waals surface area contributed by atoms with Crippen molar-refractivity contribution < 1.29 is 26.4 Å². The lowest BCUT2D eigenvalue weighted by atomic mass is 10.2. The van der Waals surface area contributed by atoms with Gasteiger partial charge in [0, 0.05) is 25.5 Å². The maximum absolute atomic E-state index is 13.4. The first kappa shape index (κ1) is 24.6. The third kappa shape index (κ3) is 6.26. The van der Waals surface area contributed by atoms with Gasteiger partial charge in [0.25, 0.3) is 10.0 Å². The maximum atomic E-state index is 13.4. The van der Waals surface area contributed by atoms with E-state index in [0.717, 1.165) is 12.1 Å². The Balaban J connectivity index is 1.84. The van der Waals surface area contributed by atoms with Crippen LogP contribution in [0.3, 0.4) is 0 Å². The summed E-state index contributed by atoms with van der Waals surface area (Å²) in [6, 6.07) is 9.85. The van der Waals surface area contributed by atoms with Gasteiger partial charge in [-0.3, -0.25) is 9.10 Å². The molecule has 0 saturated carbocycles. The molecule has 0 aliphatic rings. The summed E-state index contributed by atoms with van der Waals surface area (Å²) >= 11 is 5.68. The van der Waals surface area contributed by atoms with Crippen LogP contribution in [0.4, 0.5) is 18.9 Å². The number of rotatable bonds is 9. The summed E-state index contributed by atoms with van der Waals surface area (Å²) in [6.45, 7) is 0.115. The van der Waals surface area contributed by atoms with Crippen LogP contribution in [-0.4, -0.2) is 37.0 Å². The van der Waals surface area contributed by atoms with Crippen molar-refractivity contribution in [1.29, 1.82) is 0 Å². The number of amides is 1. The summed E-state index contributed by atoms with van der Waals surface area (Å²) in [7, 11) is -4.34. The Morgan fingerprint density at radius 1 is 1.15 bits per heavy atom. The molecule has 0 radical (unpaired) electrons. The molecule has 0 atom stereocenters. The minimum absolute atomic E-state index is 0.165. The molecule has 1 N–H and O–H groups in total. The van der Waals surface area contributed by atoms with Crippen molar-refractivity contribution in [3.63, 3.8) is 0 Å². The monoisotopic (exact) mass is 500 g/mol. The Morgan fingerprint density at radius 3 is 2.52 bits per heavy atom. The molecule has 0 aliphatic carbocycles. The predicted octanol–water partition coefficient (Wildman–Crippen LogP) is 3.96. The third-order valence-electron chi connectivity index (χ3n) is 4.64. The van der Waals surface area contributed by atoms with Gasteiger partial charge in [-0.15, -0.1) is 0 Å². The van der Waals surface area contributed by atoms with Crippen molar-refractivity contribution in [1.82, 2.24) is 14.9 Å². The first-order valence-corrected chi connectivity index (χ1v) is 11.6. The molecule has 0 bridgehead atoms. The molecule has 1 aromatic heterocycles. The largest absolute Gasteiger partial charge is 0.417 e. The van der Waals surface area contributed by atoms with Crippen LogP contribution >= 0.6 is 11.6 Å². The van der Waals surface area contributed by atoms with Crippen molar-refractivity contribution in [2.24, 2.45) is 0 Å². The molecule has 0 saturated heterocycles. The van der Waals surface area contributed by atoms with Crippen LogP contribution in [-0.2, 0) is 27.5 Å². The molecule has 3 aromatic rings. The van der Waals surface area contributed by atoms with Gasteiger partial charge < -0.3 is 9.88 Å². The van der Waals surface area contributed by atoms with E-state index in [1.807, 2.05) is 4.57 Å². The van der Waals surface area contributed by atoms with Crippen LogP contribution in [0.2, 0.25) is 5.02 Å². The number of sulfonamides is 1. The highest BCUT2D eigenvalue weighted by Crippen LogP contribution is 2.37. The zero-order valence-corrected chi connectivity index (χ0v) is 18.7. The topological polar surface area (TPSA) is 84.3 Å². The number of nitrogens with zero attached hydrogens (tertiary/aromatic N) is 3. The van der Waals surface area contributed by atoms with Crippen LogP contribution in [0.1, 0.15) is 12.0 Å². The number of hydrogen-bond donors (Lipinski definition) is 1. The number of aromatic nitrogens is 2. The molecular formula is C21H20ClF3N4O3S. The molecule has 3 rings (SSSR count). The van der Waals surface area contributed by atoms with E-state index in [4.69, 9.17) is 11.6 Å². The summed E-state index contributed by atoms with van der Waals surface area (Å²) in [5.74, 6) is -0.663. The van der Waals surface area contributed by atoms with Crippen LogP contribution < -0.4 is 9.62 Å². The third-order valence-corrected chi connectivity index (χ3v) is 6.75. The number of anilines is 1.